The maximum absolute atomic E-state index is 5.87. The summed E-state index contributed by atoms with van der Waals surface area (Å²) in [5.41, 5.74) is 7.32. The quantitative estimate of drug-likeness (QED) is 0.804. The second-order valence-corrected chi connectivity index (χ2v) is 4.68. The number of nitrogen functional groups attached to an aromatic ring is 1. The van der Waals surface area contributed by atoms with E-state index in [4.69, 9.17) is 5.73 Å². The fourth-order valence-corrected chi connectivity index (χ4v) is 2.41. The third kappa shape index (κ3) is 2.10. The van der Waals surface area contributed by atoms with E-state index < -0.39 is 0 Å². The zero-order valence-electron chi connectivity index (χ0n) is 9.76. The van der Waals surface area contributed by atoms with Crippen LogP contribution in [-0.4, -0.2) is 27.7 Å². The minimum Gasteiger partial charge on any atom is -0.396 e. The van der Waals surface area contributed by atoms with E-state index in [0.29, 0.717) is 11.6 Å². The topological polar surface area (TPSA) is 68.2 Å². The highest BCUT2D eigenvalue weighted by Crippen LogP contribution is 2.16. The second kappa shape index (κ2) is 4.33. The third-order valence-corrected chi connectivity index (χ3v) is 3.31. The number of rotatable bonds is 2. The summed E-state index contributed by atoms with van der Waals surface area (Å²) in [6.07, 6.45) is 5.34. The van der Waals surface area contributed by atoms with E-state index >= 15 is 0 Å². The molecule has 2 aromatic heterocycles. The molecule has 1 aliphatic heterocycles. The number of nitrogens with zero attached hydrogens (tertiary/aromatic N) is 3. The molecule has 3 rings (SSSR count). The van der Waals surface area contributed by atoms with E-state index in [-0.39, 0.29) is 0 Å². The molecule has 0 amide bonds. The molecule has 1 atom stereocenters. The average Bonchev–Trinajstić information content (AvgIpc) is 2.74. The molecule has 1 unspecified atom stereocenters. The van der Waals surface area contributed by atoms with E-state index in [1.54, 1.807) is 4.52 Å². The van der Waals surface area contributed by atoms with E-state index in [2.05, 4.69) is 15.4 Å². The van der Waals surface area contributed by atoms with E-state index in [1.807, 2.05) is 18.3 Å². The number of fused-ring (bicyclic) bond motifs is 1. The van der Waals surface area contributed by atoms with Crippen molar-refractivity contribution in [3.8, 4) is 0 Å². The van der Waals surface area contributed by atoms with Crippen LogP contribution in [0.15, 0.2) is 18.3 Å². The number of hydrogen-bond donors (Lipinski definition) is 2. The fraction of sp³-hybridized carbons (Fsp3) is 0.500. The molecular formula is C12H17N5. The van der Waals surface area contributed by atoms with Crippen molar-refractivity contribution in [1.29, 1.82) is 0 Å². The molecule has 2 aromatic rings. The number of nitrogens with two attached hydrogens (primary N) is 1. The lowest BCUT2D eigenvalue weighted by Crippen LogP contribution is -2.31. The number of hydrogen-bond acceptors (Lipinski definition) is 4. The first-order valence-corrected chi connectivity index (χ1v) is 6.13. The lowest BCUT2D eigenvalue weighted by Gasteiger charge is -2.21. The Bertz CT molecular complexity index is 513. The average molecular weight is 231 g/mol. The molecule has 1 fully saturated rings. The van der Waals surface area contributed by atoms with Crippen LogP contribution in [0, 0.1) is 5.92 Å². The highest BCUT2D eigenvalue weighted by Gasteiger charge is 2.16. The highest BCUT2D eigenvalue weighted by molar-refractivity contribution is 5.63. The van der Waals surface area contributed by atoms with Gasteiger partial charge in [-0.25, -0.2) is 9.50 Å². The van der Waals surface area contributed by atoms with Crippen molar-refractivity contribution in [2.24, 2.45) is 5.92 Å². The van der Waals surface area contributed by atoms with Gasteiger partial charge in [0, 0.05) is 12.6 Å². The minimum atomic E-state index is 0.655. The summed E-state index contributed by atoms with van der Waals surface area (Å²) in [7, 11) is 0. The Morgan fingerprint density at radius 2 is 2.47 bits per heavy atom. The molecular weight excluding hydrogens is 214 g/mol. The lowest BCUT2D eigenvalue weighted by molar-refractivity contribution is 0.371. The number of nitrogens with one attached hydrogen (secondary N) is 1. The van der Waals surface area contributed by atoms with Gasteiger partial charge in [-0.2, -0.15) is 5.10 Å². The monoisotopic (exact) mass is 231 g/mol. The van der Waals surface area contributed by atoms with Gasteiger partial charge >= 0.3 is 0 Å². The maximum Gasteiger partial charge on any atom is 0.178 e. The molecule has 90 valence electrons. The van der Waals surface area contributed by atoms with Crippen LogP contribution in [0.4, 0.5) is 5.69 Å². The van der Waals surface area contributed by atoms with Crippen LogP contribution in [0.3, 0.4) is 0 Å². The van der Waals surface area contributed by atoms with Gasteiger partial charge in [0.05, 0.1) is 5.69 Å². The van der Waals surface area contributed by atoms with Crippen molar-refractivity contribution in [1.82, 2.24) is 19.9 Å². The zero-order chi connectivity index (χ0) is 11.7. The molecule has 1 saturated heterocycles. The summed E-state index contributed by atoms with van der Waals surface area (Å²) < 4.78 is 1.76. The van der Waals surface area contributed by atoms with Crippen molar-refractivity contribution in [2.45, 2.75) is 19.3 Å². The summed E-state index contributed by atoms with van der Waals surface area (Å²) in [6.45, 7) is 2.22. The Morgan fingerprint density at radius 1 is 1.53 bits per heavy atom. The van der Waals surface area contributed by atoms with Crippen LogP contribution in [0.1, 0.15) is 18.7 Å². The molecule has 5 heteroatoms. The summed E-state index contributed by atoms with van der Waals surface area (Å²) in [5.74, 6) is 1.55. The predicted molar refractivity (Wildman–Crippen MR) is 66.7 cm³/mol. The lowest BCUT2D eigenvalue weighted by atomic mass is 9.96. The number of anilines is 1. The maximum atomic E-state index is 5.87. The molecule has 0 bridgehead atoms. The molecule has 0 saturated carbocycles. The second-order valence-electron chi connectivity index (χ2n) is 4.68. The van der Waals surface area contributed by atoms with Gasteiger partial charge in [0.1, 0.15) is 0 Å². The number of pyridine rings is 1. The third-order valence-electron chi connectivity index (χ3n) is 3.31. The zero-order valence-corrected chi connectivity index (χ0v) is 9.76. The Kier molecular flexibility index (Phi) is 2.68. The molecule has 1 aliphatic rings. The molecule has 0 spiro atoms. The Morgan fingerprint density at radius 3 is 3.24 bits per heavy atom. The van der Waals surface area contributed by atoms with Gasteiger partial charge in [-0.1, -0.05) is 0 Å². The summed E-state index contributed by atoms with van der Waals surface area (Å²) >= 11 is 0. The van der Waals surface area contributed by atoms with Gasteiger partial charge in [-0.3, -0.25) is 0 Å². The predicted octanol–water partition coefficient (Wildman–Crippen LogP) is 0.854. The Hall–Kier alpha value is -1.62. The van der Waals surface area contributed by atoms with E-state index in [1.165, 1.54) is 12.8 Å². The largest absolute Gasteiger partial charge is 0.396 e. The van der Waals surface area contributed by atoms with Gasteiger partial charge in [-0.15, -0.1) is 0 Å². The van der Waals surface area contributed by atoms with E-state index in [0.717, 1.165) is 31.0 Å². The van der Waals surface area contributed by atoms with Gasteiger partial charge in [0.15, 0.2) is 11.5 Å². The summed E-state index contributed by atoms with van der Waals surface area (Å²) in [6, 6.07) is 3.75. The number of aromatic nitrogens is 3. The van der Waals surface area contributed by atoms with Crippen LogP contribution < -0.4 is 11.1 Å². The first-order chi connectivity index (χ1) is 8.33. The van der Waals surface area contributed by atoms with Crippen LogP contribution in [0.5, 0.6) is 0 Å². The van der Waals surface area contributed by atoms with Crippen molar-refractivity contribution < 1.29 is 0 Å². The van der Waals surface area contributed by atoms with Crippen LogP contribution in [0.25, 0.3) is 5.65 Å². The molecule has 0 radical (unpaired) electrons. The normalized spacial score (nSPS) is 20.8. The van der Waals surface area contributed by atoms with Crippen molar-refractivity contribution in [2.75, 3.05) is 18.8 Å². The fourth-order valence-electron chi connectivity index (χ4n) is 2.41. The summed E-state index contributed by atoms with van der Waals surface area (Å²) in [5, 5.41) is 7.88. The molecule has 3 heterocycles. The Labute approximate surface area is 100 Å². The molecule has 5 nitrogen and oxygen atoms in total. The van der Waals surface area contributed by atoms with Gasteiger partial charge in [-0.05, 0) is 44.0 Å². The van der Waals surface area contributed by atoms with Crippen LogP contribution in [-0.2, 0) is 6.42 Å². The Balaban J connectivity index is 1.83. The smallest absolute Gasteiger partial charge is 0.178 e. The molecule has 3 N–H and O–H groups in total. The van der Waals surface area contributed by atoms with Crippen LogP contribution >= 0.6 is 0 Å². The van der Waals surface area contributed by atoms with Gasteiger partial charge in [0.25, 0.3) is 0 Å². The first kappa shape index (κ1) is 10.5. The standard InChI is InChI=1S/C12H17N5/c13-10-4-2-6-17-12(10)15-11(16-17)7-9-3-1-5-14-8-9/h2,4,6,9,14H,1,3,5,7-8,13H2. The van der Waals surface area contributed by atoms with Gasteiger partial charge in [0.2, 0.25) is 0 Å². The SMILES string of the molecule is Nc1cccn2nc(CC3CCCNC3)nc12. The van der Waals surface area contributed by atoms with Gasteiger partial charge < -0.3 is 11.1 Å². The molecule has 0 aromatic carbocycles. The van der Waals surface area contributed by atoms with Crippen molar-refractivity contribution in [3.05, 3.63) is 24.2 Å². The first-order valence-electron chi connectivity index (χ1n) is 6.13. The minimum absolute atomic E-state index is 0.655. The number of piperidine rings is 1. The van der Waals surface area contributed by atoms with Crippen LogP contribution in [0.2, 0.25) is 0 Å². The van der Waals surface area contributed by atoms with Crippen molar-refractivity contribution in [3.63, 3.8) is 0 Å². The highest BCUT2D eigenvalue weighted by atomic mass is 15.3. The summed E-state index contributed by atoms with van der Waals surface area (Å²) in [4.78, 5) is 4.51. The molecule has 17 heavy (non-hydrogen) atoms. The van der Waals surface area contributed by atoms with E-state index in [9.17, 15) is 0 Å². The van der Waals surface area contributed by atoms with Crippen molar-refractivity contribution >= 4 is 11.3 Å². The molecule has 0 aliphatic carbocycles.